The predicted molar refractivity (Wildman–Crippen MR) is 162 cm³/mol. The highest BCUT2D eigenvalue weighted by Gasteiger charge is 2.43. The van der Waals surface area contributed by atoms with Gasteiger partial charge in [0.2, 0.25) is 9.84 Å². The Balaban J connectivity index is 1.31. The maximum atomic E-state index is 13.4. The first-order valence-electron chi connectivity index (χ1n) is 13.2. The van der Waals surface area contributed by atoms with Gasteiger partial charge in [-0.2, -0.15) is 5.26 Å². The van der Waals surface area contributed by atoms with E-state index in [0.717, 1.165) is 56.9 Å². The maximum Gasteiger partial charge on any atom is 0.206 e. The lowest BCUT2D eigenvalue weighted by molar-refractivity contribution is 0.596. The number of nitrogens with zero attached hydrogens (tertiary/aromatic N) is 5. The van der Waals surface area contributed by atoms with Gasteiger partial charge in [0.1, 0.15) is 0 Å². The normalized spacial score (nSPS) is 14.1. The average molecular weight is 554 g/mol. The molecular weight excluding hydrogens is 530 g/mol. The number of rotatable bonds is 3. The highest BCUT2D eigenvalue weighted by molar-refractivity contribution is 7.91. The highest BCUT2D eigenvalue weighted by Crippen LogP contribution is 2.67. The average Bonchev–Trinajstić information content (AvgIpc) is 3.01. The molecule has 0 atom stereocenters. The van der Waals surface area contributed by atoms with Crippen molar-refractivity contribution in [1.82, 2.24) is 0 Å². The topological polar surface area (TPSA) is 70.9 Å². The summed E-state index contributed by atoms with van der Waals surface area (Å²) in [5.74, 6) is 0. The minimum Gasteiger partial charge on any atom is -0.341 e. The molecule has 8 heteroatoms. The van der Waals surface area contributed by atoms with Crippen LogP contribution in [0.25, 0.3) is 0 Å². The second-order valence-electron chi connectivity index (χ2n) is 10.4. The number of sulfone groups is 1. The third-order valence-electron chi connectivity index (χ3n) is 8.28. The Morgan fingerprint density at radius 1 is 0.537 bits per heavy atom. The first-order chi connectivity index (χ1) is 19.9. The Labute approximate surface area is 238 Å². The third kappa shape index (κ3) is 3.04. The number of para-hydroxylation sites is 3. The van der Waals surface area contributed by atoms with Crippen LogP contribution in [0.4, 0.5) is 56.9 Å². The van der Waals surface area contributed by atoms with E-state index in [1.165, 1.54) is 24.3 Å². The second-order valence-corrected chi connectivity index (χ2v) is 12.3. The van der Waals surface area contributed by atoms with Crippen molar-refractivity contribution in [2.45, 2.75) is 9.79 Å². The summed E-state index contributed by atoms with van der Waals surface area (Å²) in [5, 5.41) is 9.08. The van der Waals surface area contributed by atoms with E-state index < -0.39 is 9.84 Å². The van der Waals surface area contributed by atoms with Gasteiger partial charge in [0.25, 0.3) is 0 Å². The van der Waals surface area contributed by atoms with Gasteiger partial charge in [-0.3, -0.25) is 4.90 Å². The molecule has 8 rings (SSSR count). The SMILES string of the molecule is CN1c2cccc3c2N2c4c1cccc4N(c1ccc(S(=O)(=O)c4ccc(C#N)cc4)cc1)c1cccc(c12)N3C. The molecule has 0 spiro atoms. The first kappa shape index (κ1) is 23.6. The molecule has 0 fully saturated rings. The van der Waals surface area contributed by atoms with Crippen molar-refractivity contribution in [3.63, 3.8) is 0 Å². The van der Waals surface area contributed by atoms with Crippen LogP contribution >= 0.6 is 0 Å². The molecule has 0 N–H and O–H groups in total. The van der Waals surface area contributed by atoms with E-state index in [-0.39, 0.29) is 9.79 Å². The molecule has 198 valence electrons. The van der Waals surface area contributed by atoms with Gasteiger partial charge in [-0.1, -0.05) is 18.2 Å². The number of nitriles is 1. The van der Waals surface area contributed by atoms with Crippen molar-refractivity contribution in [2.24, 2.45) is 0 Å². The Bertz CT molecular complexity index is 1990. The van der Waals surface area contributed by atoms with E-state index in [1.807, 2.05) is 18.2 Å². The second kappa shape index (κ2) is 8.13. The molecule has 0 unspecified atom stereocenters. The maximum absolute atomic E-state index is 13.4. The zero-order chi connectivity index (χ0) is 28.0. The summed E-state index contributed by atoms with van der Waals surface area (Å²) >= 11 is 0. The lowest BCUT2D eigenvalue weighted by Crippen LogP contribution is -2.35. The van der Waals surface area contributed by atoms with Gasteiger partial charge in [-0.15, -0.1) is 0 Å². The van der Waals surface area contributed by atoms with Crippen LogP contribution in [-0.2, 0) is 9.84 Å². The van der Waals surface area contributed by atoms with Crippen LogP contribution in [0.2, 0.25) is 0 Å². The molecule has 0 aromatic heterocycles. The van der Waals surface area contributed by atoms with Crippen LogP contribution < -0.4 is 19.6 Å². The number of hydrogen-bond acceptors (Lipinski definition) is 7. The van der Waals surface area contributed by atoms with Crippen LogP contribution in [0, 0.1) is 11.3 Å². The molecule has 41 heavy (non-hydrogen) atoms. The van der Waals surface area contributed by atoms with Crippen molar-refractivity contribution in [1.29, 1.82) is 5.26 Å². The van der Waals surface area contributed by atoms with Gasteiger partial charge in [0.15, 0.2) is 0 Å². The summed E-state index contributed by atoms with van der Waals surface area (Å²) in [7, 11) is 0.467. The standard InChI is InChI=1S/C33H23N5O2S/c1-35-25-6-3-7-26-31(25)38-32-27(35)8-4-10-29(32)37(30-11-5-9-28(33(30)38)36(26)2)22-14-18-24(19-15-22)41(39,40)23-16-12-21(20-34)13-17-23/h3-19H,1-2H3. The van der Waals surface area contributed by atoms with Crippen LogP contribution in [0.15, 0.2) is 113 Å². The molecule has 5 aromatic carbocycles. The summed E-state index contributed by atoms with van der Waals surface area (Å²) in [6.07, 6.45) is 0. The summed E-state index contributed by atoms with van der Waals surface area (Å²) in [6, 6.07) is 34.2. The minimum atomic E-state index is -3.74. The van der Waals surface area contributed by atoms with Crippen LogP contribution in [0.3, 0.4) is 0 Å². The smallest absolute Gasteiger partial charge is 0.206 e. The molecule has 0 amide bonds. The van der Waals surface area contributed by atoms with Crippen molar-refractivity contribution in [3.05, 3.63) is 109 Å². The van der Waals surface area contributed by atoms with E-state index in [9.17, 15) is 8.42 Å². The fourth-order valence-electron chi connectivity index (χ4n) is 6.31. The zero-order valence-corrected chi connectivity index (χ0v) is 23.1. The Hall–Kier alpha value is -5.26. The molecule has 0 saturated heterocycles. The van der Waals surface area contributed by atoms with Gasteiger partial charge < -0.3 is 14.7 Å². The summed E-state index contributed by atoms with van der Waals surface area (Å²) in [6.45, 7) is 0. The van der Waals surface area contributed by atoms with Crippen molar-refractivity contribution in [3.8, 4) is 6.07 Å². The monoisotopic (exact) mass is 553 g/mol. The molecule has 7 nitrogen and oxygen atoms in total. The largest absolute Gasteiger partial charge is 0.341 e. The predicted octanol–water partition coefficient (Wildman–Crippen LogP) is 7.81. The first-order valence-corrected chi connectivity index (χ1v) is 14.7. The molecule has 3 aliphatic rings. The van der Waals surface area contributed by atoms with Gasteiger partial charge in [-0.25, -0.2) is 8.42 Å². The fourth-order valence-corrected chi connectivity index (χ4v) is 7.57. The molecule has 3 heterocycles. The van der Waals surface area contributed by atoms with Crippen LogP contribution in [0.5, 0.6) is 0 Å². The van der Waals surface area contributed by atoms with E-state index in [4.69, 9.17) is 5.26 Å². The number of hydrogen-bond donors (Lipinski definition) is 0. The van der Waals surface area contributed by atoms with Gasteiger partial charge >= 0.3 is 0 Å². The lowest BCUT2D eigenvalue weighted by Gasteiger charge is -2.50. The molecule has 0 bridgehead atoms. The molecule has 0 radical (unpaired) electrons. The van der Waals surface area contributed by atoms with E-state index in [2.05, 4.69) is 88.3 Å². The number of anilines is 10. The van der Waals surface area contributed by atoms with Crippen molar-refractivity contribution in [2.75, 3.05) is 33.7 Å². The van der Waals surface area contributed by atoms with E-state index in [1.54, 1.807) is 12.1 Å². The van der Waals surface area contributed by atoms with E-state index >= 15 is 0 Å². The van der Waals surface area contributed by atoms with Gasteiger partial charge in [0, 0.05) is 19.8 Å². The zero-order valence-electron chi connectivity index (χ0n) is 22.3. The summed E-state index contributed by atoms with van der Waals surface area (Å²) in [4.78, 5) is 9.45. The Morgan fingerprint density at radius 3 is 1.37 bits per heavy atom. The summed E-state index contributed by atoms with van der Waals surface area (Å²) < 4.78 is 26.8. The molecule has 0 saturated carbocycles. The Morgan fingerprint density at radius 2 is 0.927 bits per heavy atom. The Kier molecular flexibility index (Phi) is 4.68. The molecule has 5 aromatic rings. The highest BCUT2D eigenvalue weighted by atomic mass is 32.2. The minimum absolute atomic E-state index is 0.160. The van der Waals surface area contributed by atoms with Gasteiger partial charge in [0.05, 0.1) is 72.6 Å². The number of benzene rings is 5. The lowest BCUT2D eigenvalue weighted by atomic mass is 9.95. The van der Waals surface area contributed by atoms with Crippen molar-refractivity contribution < 1.29 is 8.42 Å². The summed E-state index contributed by atoms with van der Waals surface area (Å²) in [5.41, 5.74) is 11.1. The molecule has 0 aliphatic carbocycles. The third-order valence-corrected chi connectivity index (χ3v) is 10.1. The quantitative estimate of drug-likeness (QED) is 0.221. The molecular formula is C33H23N5O2S. The van der Waals surface area contributed by atoms with Gasteiger partial charge in [-0.05, 0) is 84.9 Å². The fraction of sp³-hybridized carbons (Fsp3) is 0.0606. The van der Waals surface area contributed by atoms with Crippen LogP contribution in [0.1, 0.15) is 5.56 Å². The van der Waals surface area contributed by atoms with E-state index in [0.29, 0.717) is 5.56 Å². The molecule has 3 aliphatic heterocycles. The van der Waals surface area contributed by atoms with Crippen molar-refractivity contribution >= 4 is 66.7 Å². The van der Waals surface area contributed by atoms with Crippen LogP contribution in [-0.4, -0.2) is 22.5 Å².